The highest BCUT2D eigenvalue weighted by Crippen LogP contribution is 2.45. The molecule has 5 heterocycles. The predicted octanol–water partition coefficient (Wildman–Crippen LogP) is 15.0. The van der Waals surface area contributed by atoms with Gasteiger partial charge in [-0.05, 0) is 96.1 Å². The Morgan fingerprint density at radius 1 is 0.345 bits per heavy atom. The van der Waals surface area contributed by atoms with Gasteiger partial charge in [-0.1, -0.05) is 84.9 Å². The molecule has 0 saturated heterocycles. The van der Waals surface area contributed by atoms with E-state index in [-0.39, 0.29) is 0 Å². The first kappa shape index (κ1) is 29.8. The summed E-state index contributed by atoms with van der Waals surface area (Å²) in [6, 6.07) is 62.2. The first-order valence-electron chi connectivity index (χ1n) is 18.6. The number of aromatic nitrogens is 2. The van der Waals surface area contributed by atoms with Gasteiger partial charge in [-0.2, -0.15) is 0 Å². The zero-order chi connectivity index (χ0) is 35.8. The van der Waals surface area contributed by atoms with Crippen LogP contribution in [0.4, 0.5) is 0 Å². The maximum absolute atomic E-state index is 6.25. The highest BCUT2D eigenvalue weighted by atomic mass is 32.1. The van der Waals surface area contributed by atoms with E-state index >= 15 is 0 Å². The van der Waals surface area contributed by atoms with Crippen LogP contribution in [0.1, 0.15) is 0 Å². The zero-order valence-electron chi connectivity index (χ0n) is 29.3. The van der Waals surface area contributed by atoms with E-state index in [0.29, 0.717) is 0 Å². The molecule has 5 heteroatoms. The Bertz CT molecular complexity index is 3720. The fourth-order valence-electron chi connectivity index (χ4n) is 9.05. The Labute approximate surface area is 322 Å². The molecule has 55 heavy (non-hydrogen) atoms. The van der Waals surface area contributed by atoms with Crippen LogP contribution < -0.4 is 0 Å². The average molecular weight is 737 g/mol. The standard InChI is InChI=1S/C50H28N2OS2/c1-2-10-31(11-3-1)52-42-22-19-30(25-40(42)49-35-14-6-9-17-47(35)55-50(49)52)29-18-21-41-36(24-29)37-27-39-34-13-5-8-16-46(34)54-48(39)28-43(37)51(41)32-20-23-45-38(26-32)33-12-4-7-15-44(33)53-45/h1-28H. The molecule has 0 aliphatic heterocycles. The Morgan fingerprint density at radius 3 is 1.84 bits per heavy atom. The normalized spacial score (nSPS) is 12.4. The van der Waals surface area contributed by atoms with Crippen molar-refractivity contribution in [2.45, 2.75) is 0 Å². The summed E-state index contributed by atoms with van der Waals surface area (Å²) in [7, 11) is 0. The number of benzene rings is 8. The lowest BCUT2D eigenvalue weighted by atomic mass is 10.00. The van der Waals surface area contributed by atoms with E-state index < -0.39 is 0 Å². The Balaban J connectivity index is 1.08. The van der Waals surface area contributed by atoms with Crippen LogP contribution in [0.2, 0.25) is 0 Å². The van der Waals surface area contributed by atoms with Gasteiger partial charge in [-0.25, -0.2) is 0 Å². The Kier molecular flexibility index (Phi) is 5.93. The molecule has 0 radical (unpaired) electrons. The molecule has 0 amide bonds. The number of thiophene rings is 2. The van der Waals surface area contributed by atoms with Gasteiger partial charge in [0.15, 0.2) is 0 Å². The van der Waals surface area contributed by atoms with Gasteiger partial charge in [0.25, 0.3) is 0 Å². The third-order valence-electron chi connectivity index (χ3n) is 11.5. The molecular weight excluding hydrogens is 709 g/mol. The molecule has 0 spiro atoms. The molecule has 0 aliphatic carbocycles. The topological polar surface area (TPSA) is 23.0 Å². The number of hydrogen-bond acceptors (Lipinski definition) is 3. The van der Waals surface area contributed by atoms with Crippen LogP contribution in [0.15, 0.2) is 174 Å². The second-order valence-corrected chi connectivity index (χ2v) is 16.6. The molecule has 8 aromatic carbocycles. The monoisotopic (exact) mass is 736 g/mol. The van der Waals surface area contributed by atoms with Crippen LogP contribution in [0, 0.1) is 0 Å². The van der Waals surface area contributed by atoms with E-state index in [9.17, 15) is 0 Å². The van der Waals surface area contributed by atoms with Gasteiger partial charge in [-0.15, -0.1) is 22.7 Å². The summed E-state index contributed by atoms with van der Waals surface area (Å²) in [6.07, 6.45) is 0. The second kappa shape index (κ2) is 11.0. The molecule has 256 valence electrons. The van der Waals surface area contributed by atoms with Crippen molar-refractivity contribution in [3.8, 4) is 22.5 Å². The number of rotatable bonds is 3. The molecule has 13 aromatic rings. The van der Waals surface area contributed by atoms with Crippen LogP contribution >= 0.6 is 22.7 Å². The fourth-order valence-corrected chi connectivity index (χ4v) is 11.4. The minimum absolute atomic E-state index is 0.906. The minimum atomic E-state index is 0.906. The third-order valence-corrected chi connectivity index (χ3v) is 13.8. The molecule has 3 nitrogen and oxygen atoms in total. The molecule has 5 aromatic heterocycles. The number of para-hydroxylation sites is 2. The number of nitrogens with zero attached hydrogens (tertiary/aromatic N) is 2. The Morgan fingerprint density at radius 2 is 1.00 bits per heavy atom. The van der Waals surface area contributed by atoms with E-state index in [1.807, 2.05) is 28.7 Å². The summed E-state index contributed by atoms with van der Waals surface area (Å²) in [6.45, 7) is 0. The van der Waals surface area contributed by atoms with Crippen molar-refractivity contribution in [3.05, 3.63) is 170 Å². The first-order chi connectivity index (χ1) is 27.2. The fraction of sp³-hybridized carbons (Fsp3) is 0. The minimum Gasteiger partial charge on any atom is -0.456 e. The van der Waals surface area contributed by atoms with Gasteiger partial charge in [0.2, 0.25) is 0 Å². The zero-order valence-corrected chi connectivity index (χ0v) is 30.9. The van der Waals surface area contributed by atoms with Crippen molar-refractivity contribution in [2.24, 2.45) is 0 Å². The van der Waals surface area contributed by atoms with Gasteiger partial charge < -0.3 is 13.6 Å². The summed E-state index contributed by atoms with van der Waals surface area (Å²) in [5.41, 5.74) is 10.2. The quantitative estimate of drug-likeness (QED) is 0.177. The van der Waals surface area contributed by atoms with E-state index in [1.165, 1.54) is 90.0 Å². The number of furan rings is 1. The van der Waals surface area contributed by atoms with Crippen molar-refractivity contribution in [2.75, 3.05) is 0 Å². The van der Waals surface area contributed by atoms with Crippen LogP contribution in [0.3, 0.4) is 0 Å². The molecular formula is C50H28N2OS2. The highest BCUT2D eigenvalue weighted by molar-refractivity contribution is 7.26. The molecule has 0 bridgehead atoms. The summed E-state index contributed by atoms with van der Waals surface area (Å²) >= 11 is 3.74. The predicted molar refractivity (Wildman–Crippen MR) is 236 cm³/mol. The van der Waals surface area contributed by atoms with Crippen LogP contribution in [-0.2, 0) is 0 Å². The van der Waals surface area contributed by atoms with Crippen molar-refractivity contribution in [3.63, 3.8) is 0 Å². The van der Waals surface area contributed by atoms with Crippen LogP contribution in [0.25, 0.3) is 118 Å². The molecule has 0 aliphatic rings. The third kappa shape index (κ3) is 4.14. The molecule has 13 rings (SSSR count). The van der Waals surface area contributed by atoms with Gasteiger partial charge in [-0.3, -0.25) is 0 Å². The second-order valence-electron chi connectivity index (χ2n) is 14.5. The Hall–Kier alpha value is -6.66. The molecule has 0 N–H and O–H groups in total. The van der Waals surface area contributed by atoms with Crippen molar-refractivity contribution in [1.29, 1.82) is 0 Å². The maximum atomic E-state index is 6.25. The van der Waals surface area contributed by atoms with Gasteiger partial charge in [0.1, 0.15) is 16.0 Å². The number of fused-ring (bicyclic) bond motifs is 14. The smallest absolute Gasteiger partial charge is 0.135 e. The van der Waals surface area contributed by atoms with Crippen LogP contribution in [0.5, 0.6) is 0 Å². The maximum Gasteiger partial charge on any atom is 0.135 e. The molecule has 0 saturated carbocycles. The lowest BCUT2D eigenvalue weighted by Crippen LogP contribution is -1.93. The summed E-state index contributed by atoms with van der Waals surface area (Å²) in [4.78, 5) is 1.28. The SMILES string of the molecule is c1ccc(-n2c3ccc(-c4ccc5c(c4)c4cc6c(cc4n5-c4ccc5oc7ccccc7c5c4)sc4ccccc46)cc3c3c4ccccc4sc32)cc1. The summed E-state index contributed by atoms with van der Waals surface area (Å²) in [5, 5.41) is 11.3. The summed E-state index contributed by atoms with van der Waals surface area (Å²) < 4.78 is 15.1. The van der Waals surface area contributed by atoms with E-state index in [2.05, 4.69) is 173 Å². The van der Waals surface area contributed by atoms with Gasteiger partial charge in [0.05, 0.1) is 16.6 Å². The highest BCUT2D eigenvalue weighted by Gasteiger charge is 2.20. The average Bonchev–Trinajstić information content (AvgIpc) is 4.03. The lowest BCUT2D eigenvalue weighted by Gasteiger charge is -2.09. The lowest BCUT2D eigenvalue weighted by molar-refractivity contribution is 0.669. The number of hydrogen-bond donors (Lipinski definition) is 0. The van der Waals surface area contributed by atoms with E-state index in [0.717, 1.165) is 27.6 Å². The molecule has 0 fully saturated rings. The molecule has 0 unspecified atom stereocenters. The van der Waals surface area contributed by atoms with Crippen molar-refractivity contribution < 1.29 is 4.42 Å². The van der Waals surface area contributed by atoms with Crippen molar-refractivity contribution in [1.82, 2.24) is 9.13 Å². The largest absolute Gasteiger partial charge is 0.456 e. The molecule has 0 atom stereocenters. The van der Waals surface area contributed by atoms with Crippen LogP contribution in [-0.4, -0.2) is 9.13 Å². The van der Waals surface area contributed by atoms with Crippen molar-refractivity contribution >= 4 is 118 Å². The van der Waals surface area contributed by atoms with E-state index in [4.69, 9.17) is 4.42 Å². The first-order valence-corrected chi connectivity index (χ1v) is 20.2. The van der Waals surface area contributed by atoms with Gasteiger partial charge >= 0.3 is 0 Å². The van der Waals surface area contributed by atoms with E-state index in [1.54, 1.807) is 0 Å². The van der Waals surface area contributed by atoms with Gasteiger partial charge in [0, 0.05) is 74.0 Å². The summed E-state index contributed by atoms with van der Waals surface area (Å²) in [5.74, 6) is 0.